The first-order chi connectivity index (χ1) is 10.5. The molecule has 0 saturated carbocycles. The number of hydrogen-bond donors (Lipinski definition) is 1. The van der Waals surface area contributed by atoms with Crippen LogP contribution in [0.1, 0.15) is 45.1 Å². The topological polar surface area (TPSA) is 37.3 Å². The van der Waals surface area contributed by atoms with Crippen molar-refractivity contribution in [2.24, 2.45) is 0 Å². The molecule has 0 amide bonds. The van der Waals surface area contributed by atoms with Crippen LogP contribution in [-0.2, 0) is 11.8 Å². The Hall–Kier alpha value is -2.05. The van der Waals surface area contributed by atoms with Gasteiger partial charge >= 0.3 is 5.97 Å². The first-order valence-corrected chi connectivity index (χ1v) is 8.21. The lowest BCUT2D eigenvalue weighted by atomic mass is 10.0. The summed E-state index contributed by atoms with van der Waals surface area (Å²) in [7, 11) is 0. The van der Waals surface area contributed by atoms with Crippen LogP contribution >= 0.6 is 15.9 Å². The zero-order valence-electron chi connectivity index (χ0n) is 12.6. The van der Waals surface area contributed by atoms with Crippen LogP contribution in [0, 0.1) is 18.8 Å². The van der Waals surface area contributed by atoms with E-state index in [1.807, 2.05) is 19.1 Å². The molecule has 0 fully saturated rings. The zero-order valence-corrected chi connectivity index (χ0v) is 14.2. The Kier molecular flexibility index (Phi) is 5.41. The Bertz CT molecular complexity index is 767. The number of carbonyl (C=O) groups is 1. The first kappa shape index (κ1) is 16.3. The third kappa shape index (κ3) is 3.78. The van der Waals surface area contributed by atoms with Gasteiger partial charge in [0.2, 0.25) is 0 Å². The van der Waals surface area contributed by atoms with Crippen molar-refractivity contribution in [1.29, 1.82) is 0 Å². The van der Waals surface area contributed by atoms with Crippen LogP contribution in [-0.4, -0.2) is 11.1 Å². The molecule has 0 bridgehead atoms. The van der Waals surface area contributed by atoms with Gasteiger partial charge in [-0.15, -0.1) is 0 Å². The van der Waals surface area contributed by atoms with Gasteiger partial charge in [-0.05, 0) is 60.4 Å². The van der Waals surface area contributed by atoms with Crippen LogP contribution in [0.5, 0.6) is 0 Å². The second-order valence-electron chi connectivity index (χ2n) is 5.06. The summed E-state index contributed by atoms with van der Waals surface area (Å²) in [5, 5.41) is 9.97. The van der Waals surface area contributed by atoms with Gasteiger partial charge in [-0.3, -0.25) is 0 Å². The van der Waals surface area contributed by atoms with Gasteiger partial charge in [-0.25, -0.2) is 4.79 Å². The van der Waals surface area contributed by atoms with E-state index in [9.17, 15) is 4.79 Å². The minimum atomic E-state index is -0.891. The predicted molar refractivity (Wildman–Crippen MR) is 92.6 cm³/mol. The van der Waals surface area contributed by atoms with Crippen molar-refractivity contribution >= 4 is 21.9 Å². The Morgan fingerprint density at radius 1 is 1.09 bits per heavy atom. The number of alkyl halides is 1. The molecule has 0 radical (unpaired) electrons. The third-order valence-corrected chi connectivity index (χ3v) is 4.16. The normalized spacial score (nSPS) is 9.95. The van der Waals surface area contributed by atoms with Gasteiger partial charge in [-0.1, -0.05) is 40.8 Å². The number of hydrogen-bond acceptors (Lipinski definition) is 1. The molecule has 1 N–H and O–H groups in total. The van der Waals surface area contributed by atoms with Crippen molar-refractivity contribution in [3.63, 3.8) is 0 Å². The summed E-state index contributed by atoms with van der Waals surface area (Å²) in [6.45, 7) is 4.01. The molecule has 0 aliphatic heterocycles. The van der Waals surface area contributed by atoms with Crippen molar-refractivity contribution in [1.82, 2.24) is 0 Å². The van der Waals surface area contributed by atoms with Crippen molar-refractivity contribution in [2.45, 2.75) is 25.6 Å². The number of benzene rings is 2. The Balaban J connectivity index is 2.32. The summed E-state index contributed by atoms with van der Waals surface area (Å²) in [5.41, 5.74) is 5.42. The standard InChI is InChI=1S/C19H17BrO2/c1-3-16-11-15(7-9-18(16)19(21)22)5-4-14-6-8-17(12-20)13(2)10-14/h6-11H,3,12H2,1-2H3,(H,21,22). The van der Waals surface area contributed by atoms with Gasteiger partial charge in [0.05, 0.1) is 5.56 Å². The van der Waals surface area contributed by atoms with E-state index in [1.165, 1.54) is 11.1 Å². The van der Waals surface area contributed by atoms with Crippen LogP contribution in [0.4, 0.5) is 0 Å². The van der Waals surface area contributed by atoms with E-state index in [0.29, 0.717) is 12.0 Å². The van der Waals surface area contributed by atoms with Crippen LogP contribution < -0.4 is 0 Å². The van der Waals surface area contributed by atoms with Gasteiger partial charge in [0.25, 0.3) is 0 Å². The van der Waals surface area contributed by atoms with Crippen molar-refractivity contribution in [3.8, 4) is 11.8 Å². The number of halogens is 1. The molecular weight excluding hydrogens is 340 g/mol. The number of carboxylic acid groups (broad SMARTS) is 1. The van der Waals surface area contributed by atoms with Crippen LogP contribution in [0.2, 0.25) is 0 Å². The number of carboxylic acids is 1. The van der Waals surface area contributed by atoms with Crippen molar-refractivity contribution < 1.29 is 9.90 Å². The summed E-state index contributed by atoms with van der Waals surface area (Å²) < 4.78 is 0. The molecular formula is C19H17BrO2. The van der Waals surface area contributed by atoms with Crippen LogP contribution in [0.25, 0.3) is 0 Å². The lowest BCUT2D eigenvalue weighted by molar-refractivity contribution is 0.0695. The van der Waals surface area contributed by atoms with Crippen LogP contribution in [0.3, 0.4) is 0 Å². The molecule has 2 nitrogen and oxygen atoms in total. The number of aromatic carboxylic acids is 1. The highest BCUT2D eigenvalue weighted by atomic mass is 79.9. The molecule has 3 heteroatoms. The van der Waals surface area contributed by atoms with E-state index >= 15 is 0 Å². The van der Waals surface area contributed by atoms with Gasteiger partial charge in [0.1, 0.15) is 0 Å². The quantitative estimate of drug-likeness (QED) is 0.646. The third-order valence-electron chi connectivity index (χ3n) is 3.55. The molecule has 112 valence electrons. The van der Waals surface area contributed by atoms with Gasteiger partial charge in [-0.2, -0.15) is 0 Å². The highest BCUT2D eigenvalue weighted by molar-refractivity contribution is 9.08. The predicted octanol–water partition coefficient (Wildman–Crippen LogP) is 4.55. The van der Waals surface area contributed by atoms with Gasteiger partial charge in [0.15, 0.2) is 0 Å². The van der Waals surface area contributed by atoms with Crippen molar-refractivity contribution in [2.75, 3.05) is 0 Å². The molecule has 0 aliphatic rings. The molecule has 0 aliphatic carbocycles. The maximum absolute atomic E-state index is 11.1. The van der Waals surface area contributed by atoms with E-state index in [-0.39, 0.29) is 0 Å². The lowest BCUT2D eigenvalue weighted by Crippen LogP contribution is -2.01. The van der Waals surface area contributed by atoms with E-state index in [0.717, 1.165) is 22.0 Å². The Labute approximate surface area is 139 Å². The monoisotopic (exact) mass is 356 g/mol. The minimum absolute atomic E-state index is 0.352. The molecule has 22 heavy (non-hydrogen) atoms. The van der Waals surface area contributed by atoms with E-state index in [2.05, 4.69) is 46.8 Å². The number of rotatable bonds is 3. The van der Waals surface area contributed by atoms with E-state index < -0.39 is 5.97 Å². The van der Waals surface area contributed by atoms with E-state index in [1.54, 1.807) is 12.1 Å². The van der Waals surface area contributed by atoms with Gasteiger partial charge < -0.3 is 5.11 Å². The molecule has 0 unspecified atom stereocenters. The Morgan fingerprint density at radius 2 is 1.73 bits per heavy atom. The minimum Gasteiger partial charge on any atom is -0.478 e. The highest BCUT2D eigenvalue weighted by Crippen LogP contribution is 2.15. The second kappa shape index (κ2) is 7.29. The SMILES string of the molecule is CCc1cc(C#Cc2ccc(CBr)c(C)c2)ccc1C(=O)O. The summed E-state index contributed by atoms with van der Waals surface area (Å²) in [5.74, 6) is 5.36. The average molecular weight is 357 g/mol. The fourth-order valence-corrected chi connectivity index (χ4v) is 2.87. The van der Waals surface area contributed by atoms with E-state index in [4.69, 9.17) is 5.11 Å². The smallest absolute Gasteiger partial charge is 0.335 e. The fraction of sp³-hybridized carbons (Fsp3) is 0.211. The molecule has 0 saturated heterocycles. The summed E-state index contributed by atoms with van der Waals surface area (Å²) in [6, 6.07) is 11.4. The maximum Gasteiger partial charge on any atom is 0.335 e. The average Bonchev–Trinajstić information content (AvgIpc) is 2.52. The molecule has 0 spiro atoms. The summed E-state index contributed by atoms with van der Waals surface area (Å²) in [4.78, 5) is 11.1. The zero-order chi connectivity index (χ0) is 16.1. The molecule has 0 atom stereocenters. The summed E-state index contributed by atoms with van der Waals surface area (Å²) >= 11 is 3.46. The molecule has 2 rings (SSSR count). The maximum atomic E-state index is 11.1. The molecule has 2 aromatic rings. The number of aryl methyl sites for hydroxylation is 2. The van der Waals surface area contributed by atoms with Crippen LogP contribution in [0.15, 0.2) is 36.4 Å². The molecule has 0 heterocycles. The fourth-order valence-electron chi connectivity index (χ4n) is 2.24. The molecule has 2 aromatic carbocycles. The van der Waals surface area contributed by atoms with Crippen molar-refractivity contribution in [3.05, 3.63) is 69.8 Å². The lowest BCUT2D eigenvalue weighted by Gasteiger charge is -2.04. The van der Waals surface area contributed by atoms with Gasteiger partial charge in [0, 0.05) is 16.5 Å². The highest BCUT2D eigenvalue weighted by Gasteiger charge is 2.08. The summed E-state index contributed by atoms with van der Waals surface area (Å²) in [6.07, 6.45) is 0.677. The largest absolute Gasteiger partial charge is 0.478 e. The first-order valence-electron chi connectivity index (χ1n) is 7.09. The molecule has 0 aromatic heterocycles. The Morgan fingerprint density at radius 3 is 2.27 bits per heavy atom. The second-order valence-corrected chi connectivity index (χ2v) is 5.62.